The summed E-state index contributed by atoms with van der Waals surface area (Å²) in [5.41, 5.74) is 3.64. The van der Waals surface area contributed by atoms with E-state index in [2.05, 4.69) is 10.1 Å². The lowest BCUT2D eigenvalue weighted by Crippen LogP contribution is -2.15. The highest BCUT2D eigenvalue weighted by atomic mass is 16.5. The first-order chi connectivity index (χ1) is 15.9. The molecule has 0 aliphatic carbocycles. The topological polar surface area (TPSA) is 101 Å². The van der Waals surface area contributed by atoms with Crippen molar-refractivity contribution in [1.82, 2.24) is 10.1 Å². The molecular formula is C25H22N2O6. The summed E-state index contributed by atoms with van der Waals surface area (Å²) in [6.07, 6.45) is 0. The van der Waals surface area contributed by atoms with E-state index in [1.807, 2.05) is 31.2 Å². The van der Waals surface area contributed by atoms with Crippen molar-refractivity contribution in [2.24, 2.45) is 0 Å². The van der Waals surface area contributed by atoms with Crippen LogP contribution in [0.15, 0.2) is 53.1 Å². The summed E-state index contributed by atoms with van der Waals surface area (Å²) in [4.78, 5) is 30.3. The molecule has 33 heavy (non-hydrogen) atoms. The van der Waals surface area contributed by atoms with Crippen LogP contribution < -0.4 is 9.47 Å². The van der Waals surface area contributed by atoms with Crippen molar-refractivity contribution >= 4 is 22.9 Å². The second-order valence-electron chi connectivity index (χ2n) is 7.43. The summed E-state index contributed by atoms with van der Waals surface area (Å²) in [7, 11) is 2.96. The van der Waals surface area contributed by atoms with Crippen molar-refractivity contribution in [1.29, 1.82) is 0 Å². The number of hydrogen-bond acceptors (Lipinski definition) is 8. The van der Waals surface area contributed by atoms with Crippen molar-refractivity contribution in [3.05, 3.63) is 70.9 Å². The van der Waals surface area contributed by atoms with Gasteiger partial charge in [0.05, 0.1) is 42.1 Å². The predicted octanol–water partition coefficient (Wildman–Crippen LogP) is 4.56. The zero-order valence-electron chi connectivity index (χ0n) is 18.7. The van der Waals surface area contributed by atoms with Gasteiger partial charge in [0.25, 0.3) is 5.71 Å². The number of pyridine rings is 1. The molecule has 2 heterocycles. The number of carbonyl (C=O) groups is 2. The molecule has 0 radical (unpaired) electrons. The number of hydrogen-bond donors (Lipinski definition) is 0. The molecule has 0 fully saturated rings. The van der Waals surface area contributed by atoms with E-state index >= 15 is 0 Å². The van der Waals surface area contributed by atoms with Crippen molar-refractivity contribution in [3.63, 3.8) is 0 Å². The maximum absolute atomic E-state index is 13.0. The van der Waals surface area contributed by atoms with Gasteiger partial charge in [-0.2, -0.15) is 0 Å². The average Bonchev–Trinajstić information content (AvgIpc) is 3.22. The van der Waals surface area contributed by atoms with Gasteiger partial charge in [0, 0.05) is 5.56 Å². The van der Waals surface area contributed by atoms with Crippen LogP contribution in [-0.4, -0.2) is 42.7 Å². The standard InChI is InChI=1S/C25H22N2O6/c1-14-5-7-16(8-6-14)20-12-19(23-15(2)27-33-24(23)26-20)25(29)32-13-21(28)18-11-17(30-3)9-10-22(18)31-4/h5-12H,13H2,1-4H3. The first-order valence-electron chi connectivity index (χ1n) is 10.2. The highest BCUT2D eigenvalue weighted by Gasteiger charge is 2.22. The third kappa shape index (κ3) is 4.41. The summed E-state index contributed by atoms with van der Waals surface area (Å²) < 4.78 is 21.1. The SMILES string of the molecule is COc1ccc(OC)c(C(=O)COC(=O)c2cc(-c3ccc(C)cc3)nc3onc(C)c23)c1. The van der Waals surface area contributed by atoms with Crippen LogP contribution >= 0.6 is 0 Å². The van der Waals surface area contributed by atoms with E-state index in [-0.39, 0.29) is 16.8 Å². The van der Waals surface area contributed by atoms with Gasteiger partial charge in [-0.05, 0) is 38.1 Å². The van der Waals surface area contributed by atoms with Crippen LogP contribution in [-0.2, 0) is 4.74 Å². The molecule has 4 aromatic rings. The first-order valence-corrected chi connectivity index (χ1v) is 10.2. The smallest absolute Gasteiger partial charge is 0.339 e. The van der Waals surface area contributed by atoms with Gasteiger partial charge in [0.15, 0.2) is 6.61 Å². The van der Waals surface area contributed by atoms with Crippen molar-refractivity contribution in [3.8, 4) is 22.8 Å². The average molecular weight is 446 g/mol. The lowest BCUT2D eigenvalue weighted by atomic mass is 10.0. The van der Waals surface area contributed by atoms with Crippen LogP contribution in [0.2, 0.25) is 0 Å². The number of fused-ring (bicyclic) bond motifs is 1. The van der Waals surface area contributed by atoms with Gasteiger partial charge in [-0.3, -0.25) is 4.79 Å². The molecular weight excluding hydrogens is 424 g/mol. The number of rotatable bonds is 7. The van der Waals surface area contributed by atoms with Crippen LogP contribution in [0.3, 0.4) is 0 Å². The van der Waals surface area contributed by atoms with Crippen molar-refractivity contribution in [2.75, 3.05) is 20.8 Å². The molecule has 168 valence electrons. The second kappa shape index (κ2) is 9.12. The number of aromatic nitrogens is 2. The van der Waals surface area contributed by atoms with E-state index in [4.69, 9.17) is 18.7 Å². The van der Waals surface area contributed by atoms with Gasteiger partial charge < -0.3 is 18.7 Å². The van der Waals surface area contributed by atoms with E-state index < -0.39 is 18.4 Å². The molecule has 0 aliphatic heterocycles. The lowest BCUT2D eigenvalue weighted by Gasteiger charge is -2.11. The molecule has 0 saturated carbocycles. The summed E-state index contributed by atoms with van der Waals surface area (Å²) in [5.74, 6) is -0.258. The monoisotopic (exact) mass is 446 g/mol. The number of ketones is 1. The number of carbonyl (C=O) groups excluding carboxylic acids is 2. The quantitative estimate of drug-likeness (QED) is 0.301. The Hall–Kier alpha value is -4.20. The van der Waals surface area contributed by atoms with Gasteiger partial charge in [-0.15, -0.1) is 0 Å². The molecule has 0 amide bonds. The van der Waals surface area contributed by atoms with Gasteiger partial charge in [0.2, 0.25) is 5.78 Å². The molecule has 0 bridgehead atoms. The summed E-state index contributed by atoms with van der Waals surface area (Å²) >= 11 is 0. The number of nitrogens with zero attached hydrogens (tertiary/aromatic N) is 2. The molecule has 8 heteroatoms. The summed E-state index contributed by atoms with van der Waals surface area (Å²) in [5, 5.41) is 4.38. The zero-order valence-corrected chi connectivity index (χ0v) is 18.7. The van der Waals surface area contributed by atoms with Gasteiger partial charge in [-0.25, -0.2) is 9.78 Å². The highest BCUT2D eigenvalue weighted by Crippen LogP contribution is 2.28. The second-order valence-corrected chi connectivity index (χ2v) is 7.43. The largest absolute Gasteiger partial charge is 0.497 e. The number of aryl methyl sites for hydroxylation is 2. The lowest BCUT2D eigenvalue weighted by molar-refractivity contribution is 0.0475. The van der Waals surface area contributed by atoms with E-state index in [0.29, 0.717) is 28.3 Å². The fourth-order valence-electron chi connectivity index (χ4n) is 3.45. The Labute approximate surface area is 190 Å². The Balaban J connectivity index is 1.64. The van der Waals surface area contributed by atoms with E-state index in [0.717, 1.165) is 11.1 Å². The zero-order chi connectivity index (χ0) is 23.5. The maximum atomic E-state index is 13.0. The third-order valence-electron chi connectivity index (χ3n) is 5.23. The molecule has 0 N–H and O–H groups in total. The first kappa shape index (κ1) is 22.0. The van der Waals surface area contributed by atoms with Crippen molar-refractivity contribution < 1.29 is 28.3 Å². The van der Waals surface area contributed by atoms with Crippen LogP contribution in [0.5, 0.6) is 11.5 Å². The minimum Gasteiger partial charge on any atom is -0.497 e. The molecule has 8 nitrogen and oxygen atoms in total. The molecule has 2 aromatic carbocycles. The molecule has 0 unspecified atom stereocenters. The van der Waals surface area contributed by atoms with Crippen LogP contribution in [0, 0.1) is 13.8 Å². The fourth-order valence-corrected chi connectivity index (χ4v) is 3.45. The van der Waals surface area contributed by atoms with Gasteiger partial charge >= 0.3 is 5.97 Å². The minimum atomic E-state index is -0.683. The molecule has 4 rings (SSSR count). The number of methoxy groups -OCH3 is 2. The number of Topliss-reactive ketones (excluding diaryl/α,β-unsaturated/α-hetero) is 1. The molecule has 0 atom stereocenters. The van der Waals surface area contributed by atoms with Crippen molar-refractivity contribution in [2.45, 2.75) is 13.8 Å². The molecule has 0 spiro atoms. The van der Waals surface area contributed by atoms with Crippen LogP contribution in [0.4, 0.5) is 0 Å². The Morgan fingerprint density at radius 3 is 2.39 bits per heavy atom. The number of ether oxygens (including phenoxy) is 3. The predicted molar refractivity (Wildman–Crippen MR) is 121 cm³/mol. The Morgan fingerprint density at radius 1 is 0.939 bits per heavy atom. The maximum Gasteiger partial charge on any atom is 0.339 e. The Bertz CT molecular complexity index is 1340. The Kier molecular flexibility index (Phi) is 6.08. The van der Waals surface area contributed by atoms with Crippen LogP contribution in [0.25, 0.3) is 22.4 Å². The summed E-state index contributed by atoms with van der Waals surface area (Å²) in [6.45, 7) is 3.22. The Morgan fingerprint density at radius 2 is 1.70 bits per heavy atom. The minimum absolute atomic E-state index is 0.221. The molecule has 0 aliphatic rings. The third-order valence-corrected chi connectivity index (χ3v) is 5.23. The van der Waals surface area contributed by atoms with Gasteiger partial charge in [0.1, 0.15) is 11.5 Å². The highest BCUT2D eigenvalue weighted by molar-refractivity contribution is 6.06. The molecule has 2 aromatic heterocycles. The van der Waals surface area contributed by atoms with E-state index in [1.54, 1.807) is 31.2 Å². The van der Waals surface area contributed by atoms with Crippen LogP contribution in [0.1, 0.15) is 32.0 Å². The van der Waals surface area contributed by atoms with E-state index in [9.17, 15) is 9.59 Å². The van der Waals surface area contributed by atoms with Gasteiger partial charge in [-0.1, -0.05) is 35.0 Å². The molecule has 0 saturated heterocycles. The number of esters is 1. The number of benzene rings is 2. The fraction of sp³-hybridized carbons (Fsp3) is 0.200. The summed E-state index contributed by atoms with van der Waals surface area (Å²) in [6, 6.07) is 14.2. The van der Waals surface area contributed by atoms with E-state index in [1.165, 1.54) is 14.2 Å². The normalized spacial score (nSPS) is 10.8.